The Bertz CT molecular complexity index is 1390. The van der Waals surface area contributed by atoms with Gasteiger partial charge in [-0.05, 0) is 55.3 Å². The van der Waals surface area contributed by atoms with Crippen molar-refractivity contribution in [2.24, 2.45) is 0 Å². The second kappa shape index (κ2) is 11.3. The molecule has 36 heavy (non-hydrogen) atoms. The molecule has 8 nitrogen and oxygen atoms in total. The third-order valence-corrected chi connectivity index (χ3v) is 6.55. The highest BCUT2D eigenvalue weighted by atomic mass is 35.5. The molecule has 10 heteroatoms. The molecule has 4 aromatic rings. The first-order valence-corrected chi connectivity index (χ1v) is 12.3. The van der Waals surface area contributed by atoms with Crippen molar-refractivity contribution < 1.29 is 19.4 Å². The summed E-state index contributed by atoms with van der Waals surface area (Å²) >= 11 is 7.32. The molecule has 1 aromatic heterocycles. The van der Waals surface area contributed by atoms with Gasteiger partial charge < -0.3 is 15.2 Å². The third kappa shape index (κ3) is 5.87. The fourth-order valence-corrected chi connectivity index (χ4v) is 4.49. The molecule has 0 aliphatic rings. The van der Waals surface area contributed by atoms with Gasteiger partial charge in [-0.2, -0.15) is 0 Å². The van der Waals surface area contributed by atoms with E-state index in [4.69, 9.17) is 16.3 Å². The Hall–Kier alpha value is -3.82. The molecule has 0 bridgehead atoms. The van der Waals surface area contributed by atoms with E-state index in [2.05, 4.69) is 15.5 Å². The van der Waals surface area contributed by atoms with Crippen molar-refractivity contribution in [1.82, 2.24) is 14.8 Å². The van der Waals surface area contributed by atoms with Crippen LogP contribution in [0, 0.1) is 13.8 Å². The summed E-state index contributed by atoms with van der Waals surface area (Å²) < 4.78 is 7.95. The van der Waals surface area contributed by atoms with Gasteiger partial charge in [0.15, 0.2) is 11.0 Å². The van der Waals surface area contributed by atoms with E-state index >= 15 is 0 Å². The number of nitrogens with zero attached hydrogens (tertiary/aromatic N) is 3. The molecule has 0 spiro atoms. The Morgan fingerprint density at radius 2 is 1.75 bits per heavy atom. The van der Waals surface area contributed by atoms with Gasteiger partial charge in [0.25, 0.3) is 0 Å². The zero-order chi connectivity index (χ0) is 25.7. The average Bonchev–Trinajstić information content (AvgIpc) is 3.27. The molecule has 0 unspecified atom stereocenters. The lowest BCUT2D eigenvalue weighted by Crippen LogP contribution is -2.15. The number of hydrogen-bond donors (Lipinski definition) is 2. The van der Waals surface area contributed by atoms with Crippen LogP contribution in [0.1, 0.15) is 27.3 Å². The van der Waals surface area contributed by atoms with Gasteiger partial charge in [-0.1, -0.05) is 59.8 Å². The number of aryl methyl sites for hydroxylation is 2. The molecular formula is C26H23ClN4O4S. The molecule has 184 valence electrons. The Labute approximate surface area is 217 Å². The van der Waals surface area contributed by atoms with Gasteiger partial charge in [-0.15, -0.1) is 10.2 Å². The molecule has 0 saturated carbocycles. The summed E-state index contributed by atoms with van der Waals surface area (Å²) in [6.07, 6.45) is 0. The minimum absolute atomic E-state index is 0.0103. The zero-order valence-corrected chi connectivity index (χ0v) is 21.1. The number of ether oxygens (including phenoxy) is 1. The number of carbonyl (C=O) groups is 2. The monoisotopic (exact) mass is 522 g/mol. The second-order valence-corrected chi connectivity index (χ2v) is 9.27. The van der Waals surface area contributed by atoms with Crippen LogP contribution in [0.15, 0.2) is 71.9 Å². The number of halogens is 1. The molecule has 0 fully saturated rings. The van der Waals surface area contributed by atoms with Crippen molar-refractivity contribution in [3.8, 4) is 11.4 Å². The van der Waals surface area contributed by atoms with E-state index in [9.17, 15) is 14.7 Å². The van der Waals surface area contributed by atoms with Crippen molar-refractivity contribution in [3.05, 3.63) is 94.3 Å². The van der Waals surface area contributed by atoms with E-state index < -0.39 is 5.97 Å². The molecule has 2 N–H and O–H groups in total. The Balaban J connectivity index is 1.52. The molecule has 0 radical (unpaired) electrons. The topological polar surface area (TPSA) is 106 Å². The fraction of sp³-hybridized carbons (Fsp3) is 0.154. The van der Waals surface area contributed by atoms with Gasteiger partial charge in [0.1, 0.15) is 12.4 Å². The SMILES string of the molecule is Cc1cccc(C)c1OCc1nnc(SCC(=O)Nc2cc(C(=O)O)ccc2Cl)n1-c1ccccc1. The molecule has 0 aliphatic heterocycles. The van der Waals surface area contributed by atoms with Crippen molar-refractivity contribution in [2.75, 3.05) is 11.1 Å². The minimum Gasteiger partial charge on any atom is -0.485 e. The first kappa shape index (κ1) is 25.3. The largest absolute Gasteiger partial charge is 0.485 e. The number of hydrogen-bond acceptors (Lipinski definition) is 6. The maximum absolute atomic E-state index is 12.6. The molecule has 0 aliphatic carbocycles. The average molecular weight is 523 g/mol. The Morgan fingerprint density at radius 1 is 1.03 bits per heavy atom. The molecule has 0 atom stereocenters. The summed E-state index contributed by atoms with van der Waals surface area (Å²) in [5, 5.41) is 21.2. The van der Waals surface area contributed by atoms with Crippen molar-refractivity contribution in [3.63, 3.8) is 0 Å². The van der Waals surface area contributed by atoms with Crippen LogP contribution in [0.5, 0.6) is 5.75 Å². The second-order valence-electron chi connectivity index (χ2n) is 7.92. The predicted molar refractivity (Wildman–Crippen MR) is 139 cm³/mol. The van der Waals surface area contributed by atoms with Crippen molar-refractivity contribution >= 4 is 40.9 Å². The lowest BCUT2D eigenvalue weighted by atomic mass is 10.1. The summed E-state index contributed by atoms with van der Waals surface area (Å²) in [6.45, 7) is 4.17. The van der Waals surface area contributed by atoms with Crippen molar-refractivity contribution in [1.29, 1.82) is 0 Å². The first-order valence-electron chi connectivity index (χ1n) is 11.0. The van der Waals surface area contributed by atoms with E-state index in [1.165, 1.54) is 30.0 Å². The highest BCUT2D eigenvalue weighted by molar-refractivity contribution is 7.99. The van der Waals surface area contributed by atoms with E-state index in [0.717, 1.165) is 22.6 Å². The van der Waals surface area contributed by atoms with Gasteiger partial charge in [0.2, 0.25) is 5.91 Å². The van der Waals surface area contributed by atoms with E-state index in [-0.39, 0.29) is 34.5 Å². The number of carboxylic acids is 1. The van der Waals surface area contributed by atoms with Crippen LogP contribution in [0.4, 0.5) is 5.69 Å². The zero-order valence-electron chi connectivity index (χ0n) is 19.6. The molecule has 4 rings (SSSR count). The van der Waals surface area contributed by atoms with Crippen LogP contribution >= 0.6 is 23.4 Å². The summed E-state index contributed by atoms with van der Waals surface area (Å²) in [5.74, 6) is -0.0715. The summed E-state index contributed by atoms with van der Waals surface area (Å²) in [6, 6.07) is 19.7. The number of carboxylic acid groups (broad SMARTS) is 1. The number of benzene rings is 3. The third-order valence-electron chi connectivity index (χ3n) is 5.29. The van der Waals surface area contributed by atoms with Crippen molar-refractivity contribution in [2.45, 2.75) is 25.6 Å². The Morgan fingerprint density at radius 3 is 2.44 bits per heavy atom. The minimum atomic E-state index is -1.11. The Kier molecular flexibility index (Phi) is 7.92. The highest BCUT2D eigenvalue weighted by Crippen LogP contribution is 2.27. The summed E-state index contributed by atoms with van der Waals surface area (Å²) in [5.41, 5.74) is 3.15. The number of anilines is 1. The molecule has 1 heterocycles. The maximum Gasteiger partial charge on any atom is 0.335 e. The van der Waals surface area contributed by atoms with Crippen LogP contribution in [-0.2, 0) is 11.4 Å². The summed E-state index contributed by atoms with van der Waals surface area (Å²) in [4.78, 5) is 23.9. The number of aromatic nitrogens is 3. The van der Waals surface area contributed by atoms with E-state index in [1.54, 1.807) is 0 Å². The normalized spacial score (nSPS) is 10.8. The number of rotatable bonds is 9. The van der Waals surface area contributed by atoms with E-state index in [0.29, 0.717) is 11.0 Å². The van der Waals surface area contributed by atoms with Gasteiger partial charge in [-0.3, -0.25) is 9.36 Å². The summed E-state index contributed by atoms with van der Waals surface area (Å²) in [7, 11) is 0. The highest BCUT2D eigenvalue weighted by Gasteiger charge is 2.18. The van der Waals surface area contributed by atoms with Gasteiger partial charge in [-0.25, -0.2) is 4.79 Å². The van der Waals surface area contributed by atoms with E-state index in [1.807, 2.05) is 66.9 Å². The lowest BCUT2D eigenvalue weighted by Gasteiger charge is -2.14. The lowest BCUT2D eigenvalue weighted by molar-refractivity contribution is -0.113. The number of thioether (sulfide) groups is 1. The number of para-hydroxylation sites is 2. The van der Waals surface area contributed by atoms with Crippen LogP contribution < -0.4 is 10.1 Å². The molecule has 3 aromatic carbocycles. The fourth-order valence-electron chi connectivity index (χ4n) is 3.56. The molecular weight excluding hydrogens is 500 g/mol. The van der Waals surface area contributed by atoms with Gasteiger partial charge in [0.05, 0.1) is 22.0 Å². The van der Waals surface area contributed by atoms with Crippen LogP contribution in [-0.4, -0.2) is 37.5 Å². The smallest absolute Gasteiger partial charge is 0.335 e. The van der Waals surface area contributed by atoms with Crippen LogP contribution in [0.25, 0.3) is 5.69 Å². The molecule has 0 saturated heterocycles. The number of aromatic carboxylic acids is 1. The number of amides is 1. The quantitative estimate of drug-likeness (QED) is 0.278. The number of nitrogens with one attached hydrogen (secondary N) is 1. The van der Waals surface area contributed by atoms with Crippen LogP contribution in [0.2, 0.25) is 5.02 Å². The van der Waals surface area contributed by atoms with Gasteiger partial charge in [0, 0.05) is 5.69 Å². The standard InChI is InChI=1S/C26H23ClN4O4S/c1-16-7-6-8-17(2)24(16)35-14-22-29-30-26(31(22)19-9-4-3-5-10-19)36-15-23(32)28-21-13-18(25(33)34)11-12-20(21)27/h3-13H,14-15H2,1-2H3,(H,28,32)(H,33,34). The first-order chi connectivity index (χ1) is 17.3. The predicted octanol–water partition coefficient (Wildman–Crippen LogP) is 5.55. The molecule has 1 amide bonds. The van der Waals surface area contributed by atoms with Crippen LogP contribution in [0.3, 0.4) is 0 Å². The number of carbonyl (C=O) groups excluding carboxylic acids is 1. The maximum atomic E-state index is 12.6. The van der Waals surface area contributed by atoms with Gasteiger partial charge >= 0.3 is 5.97 Å².